The molecule has 0 unspecified atom stereocenters. The predicted octanol–water partition coefficient (Wildman–Crippen LogP) is 3.26. The van der Waals surface area contributed by atoms with Crippen LogP contribution in [0, 0.1) is 19.8 Å². The molecule has 4 heteroatoms. The van der Waals surface area contributed by atoms with Gasteiger partial charge < -0.3 is 5.32 Å². The van der Waals surface area contributed by atoms with Crippen LogP contribution in [0.3, 0.4) is 0 Å². The molecule has 1 aromatic rings. The number of piperidine rings is 2. The summed E-state index contributed by atoms with van der Waals surface area (Å²) in [5, 5.41) is 3.22. The Kier molecular flexibility index (Phi) is 5.84. The average Bonchev–Trinajstić information content (AvgIpc) is 3.49. The molecule has 1 aliphatic carbocycles. The molecule has 2 saturated heterocycles. The zero-order valence-corrected chi connectivity index (χ0v) is 17.0. The maximum Gasteiger partial charge on any atom is 0.224 e. The molecular weight excluding hydrogens is 334 g/mol. The minimum absolute atomic E-state index is 0.216. The second-order valence-corrected chi connectivity index (χ2v) is 9.04. The average molecular weight is 370 g/mol. The molecule has 27 heavy (non-hydrogen) atoms. The summed E-state index contributed by atoms with van der Waals surface area (Å²) in [5.74, 6) is 0.530. The van der Waals surface area contributed by atoms with E-state index in [1.54, 1.807) is 0 Å². The van der Waals surface area contributed by atoms with Gasteiger partial charge in [-0.2, -0.15) is 0 Å². The first-order valence-corrected chi connectivity index (χ1v) is 10.9. The van der Waals surface area contributed by atoms with E-state index in [9.17, 15) is 4.79 Å². The smallest absolute Gasteiger partial charge is 0.224 e. The lowest BCUT2D eigenvalue weighted by Crippen LogP contribution is -2.50. The fourth-order valence-electron chi connectivity index (χ4n) is 4.70. The summed E-state index contributed by atoms with van der Waals surface area (Å²) in [6, 6.07) is 8.02. The molecule has 3 fully saturated rings. The van der Waals surface area contributed by atoms with Gasteiger partial charge in [0.2, 0.25) is 5.91 Å². The third-order valence-corrected chi connectivity index (χ3v) is 6.80. The summed E-state index contributed by atoms with van der Waals surface area (Å²) in [6.45, 7) is 9.95. The van der Waals surface area contributed by atoms with Gasteiger partial charge in [-0.25, -0.2) is 0 Å². The monoisotopic (exact) mass is 369 g/mol. The fourth-order valence-corrected chi connectivity index (χ4v) is 4.70. The van der Waals surface area contributed by atoms with Gasteiger partial charge in [-0.1, -0.05) is 18.2 Å². The van der Waals surface area contributed by atoms with Crippen molar-refractivity contribution in [3.63, 3.8) is 0 Å². The summed E-state index contributed by atoms with van der Waals surface area (Å²) >= 11 is 0. The molecule has 1 amide bonds. The van der Waals surface area contributed by atoms with Gasteiger partial charge in [-0.3, -0.25) is 14.6 Å². The summed E-state index contributed by atoms with van der Waals surface area (Å²) < 4.78 is 0. The van der Waals surface area contributed by atoms with Crippen molar-refractivity contribution in [1.82, 2.24) is 15.1 Å². The first-order chi connectivity index (χ1) is 13.1. The molecule has 1 N–H and O–H groups in total. The van der Waals surface area contributed by atoms with Gasteiger partial charge in [0.25, 0.3) is 0 Å². The number of hydrogen-bond acceptors (Lipinski definition) is 3. The molecule has 1 aromatic carbocycles. The molecule has 2 heterocycles. The predicted molar refractivity (Wildman–Crippen MR) is 110 cm³/mol. The highest BCUT2D eigenvalue weighted by Crippen LogP contribution is 2.26. The van der Waals surface area contributed by atoms with E-state index in [2.05, 4.69) is 47.2 Å². The number of rotatable bonds is 5. The number of carbonyl (C=O) groups excluding carboxylic acids is 1. The van der Waals surface area contributed by atoms with Crippen molar-refractivity contribution in [1.29, 1.82) is 0 Å². The van der Waals surface area contributed by atoms with Crippen LogP contribution in [0.2, 0.25) is 0 Å². The molecule has 4 rings (SSSR count). The normalized spacial score (nSPS) is 25.5. The molecule has 0 aromatic heterocycles. The minimum Gasteiger partial charge on any atom is -0.353 e. The molecule has 0 spiro atoms. The van der Waals surface area contributed by atoms with Crippen molar-refractivity contribution in [3.05, 3.63) is 34.9 Å². The van der Waals surface area contributed by atoms with E-state index < -0.39 is 0 Å². The van der Waals surface area contributed by atoms with E-state index in [0.29, 0.717) is 18.0 Å². The van der Waals surface area contributed by atoms with Crippen molar-refractivity contribution >= 4 is 5.91 Å². The van der Waals surface area contributed by atoms with E-state index >= 15 is 0 Å². The SMILES string of the molecule is Cc1ccc(CN2CCC(N3CCC[C@H](C(=O)NC4CC4)C3)CC2)cc1C. The Hall–Kier alpha value is -1.39. The molecule has 1 atom stereocenters. The van der Waals surface area contributed by atoms with Crippen LogP contribution in [0.15, 0.2) is 18.2 Å². The Labute approximate surface area is 164 Å². The lowest BCUT2D eigenvalue weighted by molar-refractivity contribution is -0.127. The van der Waals surface area contributed by atoms with Crippen molar-refractivity contribution in [2.45, 2.75) is 71.0 Å². The number of likely N-dealkylation sites (tertiary alicyclic amines) is 2. The van der Waals surface area contributed by atoms with Crippen molar-refractivity contribution in [2.24, 2.45) is 5.92 Å². The van der Waals surface area contributed by atoms with E-state index in [1.807, 2.05) is 0 Å². The van der Waals surface area contributed by atoms with E-state index in [4.69, 9.17) is 0 Å². The second kappa shape index (κ2) is 8.32. The summed E-state index contributed by atoms with van der Waals surface area (Å²) in [5.41, 5.74) is 4.21. The van der Waals surface area contributed by atoms with Gasteiger partial charge in [0.05, 0.1) is 5.92 Å². The van der Waals surface area contributed by atoms with Crippen LogP contribution in [0.5, 0.6) is 0 Å². The lowest BCUT2D eigenvalue weighted by atomic mass is 9.93. The zero-order valence-electron chi connectivity index (χ0n) is 17.0. The summed E-state index contributed by atoms with van der Waals surface area (Å²) in [4.78, 5) is 17.7. The molecule has 3 aliphatic rings. The third-order valence-electron chi connectivity index (χ3n) is 6.80. The zero-order chi connectivity index (χ0) is 18.8. The van der Waals surface area contributed by atoms with Crippen molar-refractivity contribution in [2.75, 3.05) is 26.2 Å². The number of benzene rings is 1. The largest absolute Gasteiger partial charge is 0.353 e. The first-order valence-electron chi connectivity index (χ1n) is 10.9. The van der Waals surface area contributed by atoms with E-state index in [-0.39, 0.29) is 5.92 Å². The second-order valence-electron chi connectivity index (χ2n) is 9.04. The fraction of sp³-hybridized carbons (Fsp3) is 0.696. The molecule has 148 valence electrons. The Morgan fingerprint density at radius 3 is 2.52 bits per heavy atom. The van der Waals surface area contributed by atoms with Crippen LogP contribution in [-0.4, -0.2) is 54.0 Å². The minimum atomic E-state index is 0.216. The summed E-state index contributed by atoms with van der Waals surface area (Å²) in [7, 11) is 0. The number of aryl methyl sites for hydroxylation is 2. The number of nitrogens with zero attached hydrogens (tertiary/aromatic N) is 2. The number of carbonyl (C=O) groups is 1. The van der Waals surface area contributed by atoms with Crippen LogP contribution in [0.1, 0.15) is 55.2 Å². The molecule has 1 saturated carbocycles. The molecule has 0 radical (unpaired) electrons. The van der Waals surface area contributed by atoms with Gasteiger partial charge >= 0.3 is 0 Å². The van der Waals surface area contributed by atoms with E-state index in [1.165, 1.54) is 68.4 Å². The Balaban J connectivity index is 1.25. The molecule has 0 bridgehead atoms. The maximum atomic E-state index is 12.4. The van der Waals surface area contributed by atoms with Gasteiger partial charge in [0.1, 0.15) is 0 Å². The van der Waals surface area contributed by atoms with Crippen LogP contribution in [0.4, 0.5) is 0 Å². The Morgan fingerprint density at radius 1 is 1.04 bits per heavy atom. The Morgan fingerprint density at radius 2 is 1.81 bits per heavy atom. The quantitative estimate of drug-likeness (QED) is 0.865. The van der Waals surface area contributed by atoms with Crippen LogP contribution >= 0.6 is 0 Å². The molecule has 2 aliphatic heterocycles. The van der Waals surface area contributed by atoms with Crippen molar-refractivity contribution < 1.29 is 4.79 Å². The molecule has 4 nitrogen and oxygen atoms in total. The topological polar surface area (TPSA) is 35.6 Å². The number of hydrogen-bond donors (Lipinski definition) is 1. The van der Waals surface area contributed by atoms with Crippen LogP contribution in [0.25, 0.3) is 0 Å². The molecular formula is C23H35N3O. The van der Waals surface area contributed by atoms with Gasteiger partial charge in [-0.15, -0.1) is 0 Å². The lowest BCUT2D eigenvalue weighted by Gasteiger charge is -2.42. The number of amides is 1. The van der Waals surface area contributed by atoms with Crippen molar-refractivity contribution in [3.8, 4) is 0 Å². The first kappa shape index (κ1) is 18.9. The highest BCUT2D eigenvalue weighted by molar-refractivity contribution is 5.79. The third kappa shape index (κ3) is 4.91. The van der Waals surface area contributed by atoms with Gasteiger partial charge in [0, 0.05) is 25.2 Å². The van der Waals surface area contributed by atoms with E-state index in [0.717, 1.165) is 19.5 Å². The highest BCUT2D eigenvalue weighted by atomic mass is 16.2. The number of nitrogens with one attached hydrogen (secondary N) is 1. The summed E-state index contributed by atoms with van der Waals surface area (Å²) in [6.07, 6.45) is 7.08. The van der Waals surface area contributed by atoms with Crippen LogP contribution in [-0.2, 0) is 11.3 Å². The van der Waals surface area contributed by atoms with Gasteiger partial charge in [0.15, 0.2) is 0 Å². The standard InChI is InChI=1S/C23H35N3O/c1-17-5-6-19(14-18(17)2)15-25-12-9-22(10-13-25)26-11-3-4-20(16-26)23(27)24-21-7-8-21/h5-6,14,20-22H,3-4,7-13,15-16H2,1-2H3,(H,24,27)/t20-/m0/s1. The van der Waals surface area contributed by atoms with Crippen LogP contribution < -0.4 is 5.32 Å². The maximum absolute atomic E-state index is 12.4. The Bertz CT molecular complexity index is 662. The van der Waals surface area contributed by atoms with Gasteiger partial charge in [-0.05, 0) is 88.7 Å². The highest BCUT2D eigenvalue weighted by Gasteiger charge is 2.33.